The van der Waals surface area contributed by atoms with Crippen LogP contribution in [-0.4, -0.2) is 53.4 Å². The van der Waals surface area contributed by atoms with Crippen LogP contribution in [0.15, 0.2) is 35.3 Å². The first-order valence-corrected chi connectivity index (χ1v) is 9.55. The molecule has 2 aromatic rings. The maximum absolute atomic E-state index is 4.80. The van der Waals surface area contributed by atoms with Gasteiger partial charge in [0.1, 0.15) is 0 Å². The topological polar surface area (TPSA) is 57.5 Å². The third kappa shape index (κ3) is 6.48. The molecule has 0 aliphatic heterocycles. The van der Waals surface area contributed by atoms with Crippen molar-refractivity contribution in [2.24, 2.45) is 4.99 Å². The van der Waals surface area contributed by atoms with Crippen LogP contribution < -0.4 is 10.6 Å². The summed E-state index contributed by atoms with van der Waals surface area (Å²) in [5, 5.41) is 11.4. The molecule has 0 aliphatic rings. The van der Waals surface area contributed by atoms with Gasteiger partial charge in [-0.2, -0.15) is 5.10 Å². The number of hydrogen-bond donors (Lipinski definition) is 2. The predicted molar refractivity (Wildman–Crippen MR) is 129 cm³/mol. The minimum Gasteiger partial charge on any atom is -0.357 e. The van der Waals surface area contributed by atoms with Gasteiger partial charge >= 0.3 is 0 Å². The van der Waals surface area contributed by atoms with E-state index in [1.165, 1.54) is 0 Å². The first-order valence-electron chi connectivity index (χ1n) is 9.55. The molecule has 0 saturated carbocycles. The second kappa shape index (κ2) is 10.8. The van der Waals surface area contributed by atoms with Gasteiger partial charge in [-0.15, -0.1) is 24.0 Å². The number of benzene rings is 1. The van der Waals surface area contributed by atoms with Crippen molar-refractivity contribution < 1.29 is 0 Å². The minimum absolute atomic E-state index is 0. The van der Waals surface area contributed by atoms with Crippen molar-refractivity contribution in [3.8, 4) is 5.69 Å². The minimum atomic E-state index is 0. The summed E-state index contributed by atoms with van der Waals surface area (Å²) in [4.78, 5) is 7.01. The van der Waals surface area contributed by atoms with Crippen molar-refractivity contribution in [3.63, 3.8) is 0 Å². The first-order chi connectivity index (χ1) is 12.7. The van der Waals surface area contributed by atoms with Crippen LogP contribution in [0.4, 0.5) is 0 Å². The van der Waals surface area contributed by atoms with Gasteiger partial charge in [-0.25, -0.2) is 9.67 Å². The number of aromatic nitrogens is 2. The molecule has 0 spiro atoms. The number of hydrogen-bond acceptors (Lipinski definition) is 3. The highest BCUT2D eigenvalue weighted by molar-refractivity contribution is 14.0. The highest BCUT2D eigenvalue weighted by atomic mass is 127. The molecule has 2 rings (SSSR count). The number of aliphatic imine (C=N–C) groups is 1. The maximum Gasteiger partial charge on any atom is 0.191 e. The molecule has 0 saturated heterocycles. The van der Waals surface area contributed by atoms with Crippen LogP contribution in [0.1, 0.15) is 37.7 Å². The lowest BCUT2D eigenvalue weighted by atomic mass is 10.0. The van der Waals surface area contributed by atoms with Gasteiger partial charge in [0.25, 0.3) is 0 Å². The van der Waals surface area contributed by atoms with Gasteiger partial charge in [0.15, 0.2) is 5.96 Å². The first kappa shape index (κ1) is 24.4. The van der Waals surface area contributed by atoms with Crippen LogP contribution in [0.2, 0.25) is 0 Å². The lowest BCUT2D eigenvalue weighted by Gasteiger charge is -2.33. The summed E-state index contributed by atoms with van der Waals surface area (Å²) in [6.07, 6.45) is 0. The third-order valence-electron chi connectivity index (χ3n) is 4.88. The SMILES string of the molecule is CCNC(=NCc1ccccc1-n1nc(C)cc1C)NCC(C)(C)N(C)C.I. The van der Waals surface area contributed by atoms with E-state index < -0.39 is 0 Å². The average Bonchev–Trinajstić information content (AvgIpc) is 2.95. The molecule has 0 aliphatic carbocycles. The Labute approximate surface area is 186 Å². The zero-order valence-corrected chi connectivity index (χ0v) is 20.5. The van der Waals surface area contributed by atoms with Gasteiger partial charge in [-0.05, 0) is 66.4 Å². The fourth-order valence-corrected chi connectivity index (χ4v) is 2.69. The Hall–Kier alpha value is -1.61. The molecule has 0 fully saturated rings. The lowest BCUT2D eigenvalue weighted by molar-refractivity contribution is 0.197. The van der Waals surface area contributed by atoms with E-state index in [9.17, 15) is 0 Å². The molecule has 0 atom stereocenters. The van der Waals surface area contributed by atoms with Crippen molar-refractivity contribution in [1.82, 2.24) is 25.3 Å². The van der Waals surface area contributed by atoms with Crippen LogP contribution >= 0.6 is 24.0 Å². The van der Waals surface area contributed by atoms with Gasteiger partial charge in [0, 0.05) is 24.3 Å². The Kier molecular flexibility index (Phi) is 9.43. The van der Waals surface area contributed by atoms with Crippen molar-refractivity contribution in [1.29, 1.82) is 0 Å². The summed E-state index contributed by atoms with van der Waals surface area (Å²) in [5.74, 6) is 0.829. The van der Waals surface area contributed by atoms with E-state index >= 15 is 0 Å². The molecule has 1 heterocycles. The average molecular weight is 498 g/mol. The zero-order valence-electron chi connectivity index (χ0n) is 18.2. The molecular formula is C21H35IN6. The van der Waals surface area contributed by atoms with Crippen LogP contribution in [0, 0.1) is 13.8 Å². The van der Waals surface area contributed by atoms with E-state index in [1.807, 2.05) is 17.7 Å². The van der Waals surface area contributed by atoms with E-state index in [0.717, 1.165) is 41.7 Å². The smallest absolute Gasteiger partial charge is 0.191 e. The van der Waals surface area contributed by atoms with Gasteiger partial charge in [0.05, 0.1) is 17.9 Å². The summed E-state index contributed by atoms with van der Waals surface area (Å²) in [6.45, 7) is 12.8. The second-order valence-corrected chi connectivity index (χ2v) is 7.72. The standard InChI is InChI=1S/C21H34N6.HI/c1-8-22-20(24-15-21(4,5)26(6)7)23-14-18-11-9-10-12-19(18)27-17(3)13-16(2)25-27;/h9-13H,8,14-15H2,1-7H3,(H2,22,23,24);1H. The van der Waals surface area contributed by atoms with Crippen molar-refractivity contribution in [3.05, 3.63) is 47.3 Å². The normalized spacial score (nSPS) is 12.1. The van der Waals surface area contributed by atoms with Gasteiger partial charge in [-0.3, -0.25) is 0 Å². The van der Waals surface area contributed by atoms with Crippen molar-refractivity contribution >= 4 is 29.9 Å². The summed E-state index contributed by atoms with van der Waals surface area (Å²) >= 11 is 0. The molecule has 2 N–H and O–H groups in total. The number of guanidine groups is 1. The van der Waals surface area contributed by atoms with Crippen LogP contribution in [0.25, 0.3) is 5.69 Å². The van der Waals surface area contributed by atoms with Crippen LogP contribution in [0.5, 0.6) is 0 Å². The Morgan fingerprint density at radius 1 is 1.18 bits per heavy atom. The number of nitrogens with one attached hydrogen (secondary N) is 2. The van der Waals surface area contributed by atoms with Crippen molar-refractivity contribution in [2.45, 2.75) is 46.7 Å². The molecule has 1 aromatic carbocycles. The lowest BCUT2D eigenvalue weighted by Crippen LogP contribution is -2.50. The van der Waals surface area contributed by atoms with Crippen molar-refractivity contribution in [2.75, 3.05) is 27.2 Å². The Morgan fingerprint density at radius 2 is 1.86 bits per heavy atom. The van der Waals surface area contributed by atoms with Gasteiger partial charge < -0.3 is 15.5 Å². The zero-order chi connectivity index (χ0) is 20.0. The molecule has 28 heavy (non-hydrogen) atoms. The number of para-hydroxylation sites is 1. The Morgan fingerprint density at radius 3 is 2.43 bits per heavy atom. The summed E-state index contributed by atoms with van der Waals surface area (Å²) in [7, 11) is 4.19. The fourth-order valence-electron chi connectivity index (χ4n) is 2.69. The highest BCUT2D eigenvalue weighted by Crippen LogP contribution is 2.18. The molecule has 0 radical (unpaired) electrons. The number of halogens is 1. The van der Waals surface area contributed by atoms with Gasteiger partial charge in [-0.1, -0.05) is 18.2 Å². The summed E-state index contributed by atoms with van der Waals surface area (Å²) in [5.41, 5.74) is 4.41. The number of aryl methyl sites for hydroxylation is 2. The van der Waals surface area contributed by atoms with E-state index in [1.54, 1.807) is 0 Å². The molecule has 0 unspecified atom stereocenters. The summed E-state index contributed by atoms with van der Waals surface area (Å²) < 4.78 is 2.00. The molecule has 7 heteroatoms. The number of likely N-dealkylation sites (N-methyl/N-ethyl adjacent to an activating group) is 1. The number of nitrogens with zero attached hydrogens (tertiary/aromatic N) is 4. The fraction of sp³-hybridized carbons (Fsp3) is 0.524. The summed E-state index contributed by atoms with van der Waals surface area (Å²) in [6, 6.07) is 10.4. The Balaban J connectivity index is 0.00000392. The molecule has 1 aromatic heterocycles. The van der Waals surface area contributed by atoms with Crippen LogP contribution in [-0.2, 0) is 6.54 Å². The molecule has 6 nitrogen and oxygen atoms in total. The predicted octanol–water partition coefficient (Wildman–Crippen LogP) is 3.50. The largest absolute Gasteiger partial charge is 0.357 e. The van der Waals surface area contributed by atoms with E-state index in [4.69, 9.17) is 4.99 Å². The molecule has 0 amide bonds. The van der Waals surface area contributed by atoms with E-state index in [2.05, 4.69) is 86.7 Å². The molecule has 0 bridgehead atoms. The third-order valence-corrected chi connectivity index (χ3v) is 4.88. The van der Waals surface area contributed by atoms with E-state index in [0.29, 0.717) is 6.54 Å². The van der Waals surface area contributed by atoms with E-state index in [-0.39, 0.29) is 29.5 Å². The maximum atomic E-state index is 4.80. The van der Waals surface area contributed by atoms with Crippen LogP contribution in [0.3, 0.4) is 0 Å². The molecule has 156 valence electrons. The van der Waals surface area contributed by atoms with Gasteiger partial charge in [0.2, 0.25) is 0 Å². The quantitative estimate of drug-likeness (QED) is 0.349. The highest BCUT2D eigenvalue weighted by Gasteiger charge is 2.20. The monoisotopic (exact) mass is 498 g/mol. The second-order valence-electron chi connectivity index (χ2n) is 7.72. The number of rotatable bonds is 7. The Bertz CT molecular complexity index is 779. The molecular weight excluding hydrogens is 463 g/mol.